The summed E-state index contributed by atoms with van der Waals surface area (Å²) >= 11 is 1.82. The number of thiophene rings is 1. The van der Waals surface area contributed by atoms with E-state index in [1.54, 1.807) is 0 Å². The van der Waals surface area contributed by atoms with Gasteiger partial charge in [0, 0.05) is 23.6 Å². The molecule has 2 rings (SSSR count). The molecule has 3 heteroatoms. The molecule has 0 aromatic carbocycles. The lowest BCUT2D eigenvalue weighted by molar-refractivity contribution is -0.0119. The minimum Gasteiger partial charge on any atom is -0.378 e. The van der Waals surface area contributed by atoms with Crippen LogP contribution in [0.25, 0.3) is 0 Å². The highest BCUT2D eigenvalue weighted by Crippen LogP contribution is 2.27. The Morgan fingerprint density at radius 3 is 3.00 bits per heavy atom. The summed E-state index contributed by atoms with van der Waals surface area (Å²) < 4.78 is 5.54. The normalized spacial score (nSPS) is 27.3. The number of rotatable bonds is 5. The second-order valence-electron chi connectivity index (χ2n) is 4.15. The van der Waals surface area contributed by atoms with Crippen LogP contribution in [0.1, 0.15) is 37.6 Å². The lowest BCUT2D eigenvalue weighted by atomic mass is 9.88. The van der Waals surface area contributed by atoms with Crippen LogP contribution in [0, 0.1) is 0 Å². The van der Waals surface area contributed by atoms with Gasteiger partial charge < -0.3 is 10.1 Å². The van der Waals surface area contributed by atoms with E-state index in [1.165, 1.54) is 17.7 Å². The fraction of sp³-hybridized carbons (Fsp3) is 0.667. The first kappa shape index (κ1) is 11.1. The number of nitrogens with one attached hydrogen (secondary N) is 1. The standard InChI is InChI=1S/C12H19NOS/c1-3-14-11-7-10(8-11)13-9(2)12-5-4-6-15-12/h4-6,9-11,13H,3,7-8H2,1-2H3. The van der Waals surface area contributed by atoms with Gasteiger partial charge in [-0.05, 0) is 38.1 Å². The first-order valence-corrected chi connectivity index (χ1v) is 6.58. The topological polar surface area (TPSA) is 21.3 Å². The van der Waals surface area contributed by atoms with E-state index < -0.39 is 0 Å². The zero-order valence-corrected chi connectivity index (χ0v) is 10.2. The lowest BCUT2D eigenvalue weighted by Crippen LogP contribution is -2.46. The van der Waals surface area contributed by atoms with Crippen LogP contribution in [0.15, 0.2) is 17.5 Å². The Kier molecular flexibility index (Phi) is 3.78. The zero-order chi connectivity index (χ0) is 10.7. The highest BCUT2D eigenvalue weighted by molar-refractivity contribution is 7.10. The molecule has 0 saturated heterocycles. The van der Waals surface area contributed by atoms with Crippen LogP contribution in [0.2, 0.25) is 0 Å². The van der Waals surface area contributed by atoms with Crippen molar-refractivity contribution in [2.24, 2.45) is 0 Å². The summed E-state index contributed by atoms with van der Waals surface area (Å²) in [5, 5.41) is 5.77. The van der Waals surface area contributed by atoms with Gasteiger partial charge >= 0.3 is 0 Å². The van der Waals surface area contributed by atoms with E-state index in [2.05, 4.69) is 36.7 Å². The molecule has 1 fully saturated rings. The van der Waals surface area contributed by atoms with Crippen molar-refractivity contribution in [1.82, 2.24) is 5.32 Å². The molecule has 1 heterocycles. The largest absolute Gasteiger partial charge is 0.378 e. The summed E-state index contributed by atoms with van der Waals surface area (Å²) in [5.41, 5.74) is 0. The van der Waals surface area contributed by atoms with Gasteiger partial charge in [0.1, 0.15) is 0 Å². The Balaban J connectivity index is 1.71. The molecule has 0 amide bonds. The van der Waals surface area contributed by atoms with Crippen LogP contribution < -0.4 is 5.32 Å². The molecule has 0 spiro atoms. The van der Waals surface area contributed by atoms with E-state index in [1.807, 2.05) is 11.3 Å². The third kappa shape index (κ3) is 2.80. The van der Waals surface area contributed by atoms with Crippen molar-refractivity contribution in [1.29, 1.82) is 0 Å². The Bertz CT molecular complexity index is 280. The van der Waals surface area contributed by atoms with E-state index in [4.69, 9.17) is 4.74 Å². The number of hydrogen-bond acceptors (Lipinski definition) is 3. The summed E-state index contributed by atoms with van der Waals surface area (Å²) in [7, 11) is 0. The van der Waals surface area contributed by atoms with E-state index in [0.717, 1.165) is 6.61 Å². The average Bonchev–Trinajstić information content (AvgIpc) is 2.67. The van der Waals surface area contributed by atoms with Crippen molar-refractivity contribution in [3.63, 3.8) is 0 Å². The van der Waals surface area contributed by atoms with Crippen molar-refractivity contribution < 1.29 is 4.74 Å². The van der Waals surface area contributed by atoms with Crippen molar-refractivity contribution in [2.45, 2.75) is 44.9 Å². The van der Waals surface area contributed by atoms with Gasteiger partial charge in [-0.3, -0.25) is 0 Å². The van der Waals surface area contributed by atoms with Crippen LogP contribution in [-0.2, 0) is 4.74 Å². The van der Waals surface area contributed by atoms with Gasteiger partial charge in [0.05, 0.1) is 6.10 Å². The van der Waals surface area contributed by atoms with Crippen molar-refractivity contribution in [2.75, 3.05) is 6.61 Å². The molecule has 2 nitrogen and oxygen atoms in total. The monoisotopic (exact) mass is 225 g/mol. The van der Waals surface area contributed by atoms with Crippen LogP contribution in [0.5, 0.6) is 0 Å². The fourth-order valence-electron chi connectivity index (χ4n) is 2.05. The van der Waals surface area contributed by atoms with Crippen LogP contribution in [0.3, 0.4) is 0 Å². The number of hydrogen-bond donors (Lipinski definition) is 1. The highest BCUT2D eigenvalue weighted by atomic mass is 32.1. The maximum absolute atomic E-state index is 5.54. The van der Waals surface area contributed by atoms with Gasteiger partial charge in [-0.2, -0.15) is 0 Å². The fourth-order valence-corrected chi connectivity index (χ4v) is 2.79. The molecule has 0 aliphatic heterocycles. The zero-order valence-electron chi connectivity index (χ0n) is 9.40. The van der Waals surface area contributed by atoms with Gasteiger partial charge in [-0.25, -0.2) is 0 Å². The summed E-state index contributed by atoms with van der Waals surface area (Å²) in [6.45, 7) is 5.15. The third-order valence-corrected chi connectivity index (χ3v) is 4.01. The molecule has 15 heavy (non-hydrogen) atoms. The van der Waals surface area contributed by atoms with Gasteiger partial charge in [-0.1, -0.05) is 6.07 Å². The molecule has 1 N–H and O–H groups in total. The maximum atomic E-state index is 5.54. The molecule has 1 saturated carbocycles. The first-order valence-electron chi connectivity index (χ1n) is 5.70. The van der Waals surface area contributed by atoms with E-state index in [9.17, 15) is 0 Å². The molecule has 1 unspecified atom stereocenters. The summed E-state index contributed by atoms with van der Waals surface area (Å²) in [6.07, 6.45) is 2.84. The smallest absolute Gasteiger partial charge is 0.0604 e. The Morgan fingerprint density at radius 1 is 1.60 bits per heavy atom. The minimum atomic E-state index is 0.484. The van der Waals surface area contributed by atoms with Crippen molar-refractivity contribution in [3.05, 3.63) is 22.4 Å². The molecule has 84 valence electrons. The first-order chi connectivity index (χ1) is 7.29. The third-order valence-electron chi connectivity index (χ3n) is 2.95. The van der Waals surface area contributed by atoms with E-state index in [0.29, 0.717) is 18.2 Å². The second-order valence-corrected chi connectivity index (χ2v) is 5.13. The van der Waals surface area contributed by atoms with E-state index >= 15 is 0 Å². The molecular formula is C12H19NOS. The van der Waals surface area contributed by atoms with Crippen LogP contribution in [-0.4, -0.2) is 18.8 Å². The molecule has 1 aromatic rings. The van der Waals surface area contributed by atoms with Gasteiger partial charge in [0.2, 0.25) is 0 Å². The molecule has 1 aromatic heterocycles. The molecule has 0 radical (unpaired) electrons. The average molecular weight is 225 g/mol. The Labute approximate surface area is 95.6 Å². The van der Waals surface area contributed by atoms with Crippen molar-refractivity contribution >= 4 is 11.3 Å². The molecular weight excluding hydrogens is 206 g/mol. The van der Waals surface area contributed by atoms with Gasteiger partial charge in [0.25, 0.3) is 0 Å². The Morgan fingerprint density at radius 2 is 2.40 bits per heavy atom. The minimum absolute atomic E-state index is 0.484. The predicted molar refractivity (Wildman–Crippen MR) is 64.3 cm³/mol. The van der Waals surface area contributed by atoms with Gasteiger partial charge in [-0.15, -0.1) is 11.3 Å². The van der Waals surface area contributed by atoms with Crippen LogP contribution >= 0.6 is 11.3 Å². The molecule has 0 bridgehead atoms. The summed E-state index contributed by atoms with van der Waals surface area (Å²) in [4.78, 5) is 1.43. The second kappa shape index (κ2) is 5.10. The SMILES string of the molecule is CCOC1CC(NC(C)c2cccs2)C1. The summed E-state index contributed by atoms with van der Waals surface area (Å²) in [5.74, 6) is 0. The Hall–Kier alpha value is -0.380. The molecule has 1 aliphatic carbocycles. The highest BCUT2D eigenvalue weighted by Gasteiger charge is 2.30. The van der Waals surface area contributed by atoms with E-state index in [-0.39, 0.29) is 0 Å². The van der Waals surface area contributed by atoms with Gasteiger partial charge in [0.15, 0.2) is 0 Å². The predicted octanol–water partition coefficient (Wildman–Crippen LogP) is 2.97. The maximum Gasteiger partial charge on any atom is 0.0604 e. The van der Waals surface area contributed by atoms with Crippen LogP contribution in [0.4, 0.5) is 0 Å². The lowest BCUT2D eigenvalue weighted by Gasteiger charge is -2.37. The molecule has 1 aliphatic rings. The van der Waals surface area contributed by atoms with Crippen molar-refractivity contribution in [3.8, 4) is 0 Å². The number of ether oxygens (including phenoxy) is 1. The molecule has 1 atom stereocenters. The summed E-state index contributed by atoms with van der Waals surface area (Å²) in [6, 6.07) is 5.44. The quantitative estimate of drug-likeness (QED) is 0.832.